The summed E-state index contributed by atoms with van der Waals surface area (Å²) in [4.78, 5) is 4.52. The predicted octanol–water partition coefficient (Wildman–Crippen LogP) is 2.73. The molecule has 0 aliphatic carbocycles. The minimum absolute atomic E-state index is 0.479. The van der Waals surface area contributed by atoms with Gasteiger partial charge in [0.15, 0.2) is 0 Å². The molecule has 5 heteroatoms. The average molecular weight is 270 g/mol. The predicted molar refractivity (Wildman–Crippen MR) is 78.4 cm³/mol. The molecule has 5 nitrogen and oxygen atoms in total. The van der Waals surface area contributed by atoms with Gasteiger partial charge in [-0.15, -0.1) is 0 Å². The highest BCUT2D eigenvalue weighted by molar-refractivity contribution is 5.73. The topological polar surface area (TPSA) is 76.9 Å². The molecule has 0 saturated carbocycles. The molecule has 0 aliphatic rings. The van der Waals surface area contributed by atoms with E-state index in [1.54, 1.807) is 19.2 Å². The maximum Gasteiger partial charge on any atom is 0.136 e. The molecule has 1 aromatic heterocycles. The van der Waals surface area contributed by atoms with Gasteiger partial charge in [0, 0.05) is 12.1 Å². The minimum Gasteiger partial charge on any atom is -0.495 e. The van der Waals surface area contributed by atoms with E-state index < -0.39 is 0 Å². The first-order valence-corrected chi connectivity index (χ1v) is 6.53. The van der Waals surface area contributed by atoms with Gasteiger partial charge in [-0.3, -0.25) is 0 Å². The quantitative estimate of drug-likeness (QED) is 0.926. The van der Waals surface area contributed by atoms with Gasteiger partial charge < -0.3 is 15.0 Å². The number of methoxy groups -OCH3 is 1. The molecule has 0 spiro atoms. The maximum atomic E-state index is 9.15. The number of imidazole rings is 1. The van der Waals surface area contributed by atoms with Crippen molar-refractivity contribution in [2.75, 3.05) is 12.8 Å². The highest BCUT2D eigenvalue weighted by atomic mass is 16.5. The maximum absolute atomic E-state index is 9.15. The second kappa shape index (κ2) is 5.66. The highest BCUT2D eigenvalue weighted by Gasteiger charge is 2.14. The highest BCUT2D eigenvalue weighted by Crippen LogP contribution is 2.30. The summed E-state index contributed by atoms with van der Waals surface area (Å²) >= 11 is 0. The van der Waals surface area contributed by atoms with Crippen LogP contribution < -0.4 is 10.5 Å². The standard InChI is InChI=1S/C15H18N4O/c1-4-7-19-10(2)18-14(15(19)17)11-5-6-13(20-3)12(8-11)9-16/h5-6,8H,4,7,17H2,1-3H3. The number of anilines is 1. The Bertz CT molecular complexity index is 667. The van der Waals surface area contributed by atoms with E-state index in [0.717, 1.165) is 30.0 Å². The second-order valence-electron chi connectivity index (χ2n) is 4.57. The lowest BCUT2D eigenvalue weighted by Gasteiger charge is -2.07. The van der Waals surface area contributed by atoms with Crippen LogP contribution in [0.2, 0.25) is 0 Å². The molecule has 104 valence electrons. The van der Waals surface area contributed by atoms with Crippen LogP contribution in [0.1, 0.15) is 24.7 Å². The molecule has 2 aromatic rings. The van der Waals surface area contributed by atoms with Gasteiger partial charge in [0.1, 0.15) is 29.2 Å². The van der Waals surface area contributed by atoms with Crippen LogP contribution in [0.5, 0.6) is 5.75 Å². The molecule has 0 fully saturated rings. The lowest BCUT2D eigenvalue weighted by Crippen LogP contribution is -2.04. The Labute approximate surface area is 118 Å². The number of ether oxygens (including phenoxy) is 1. The lowest BCUT2D eigenvalue weighted by atomic mass is 10.1. The number of rotatable bonds is 4. The molecular weight excluding hydrogens is 252 g/mol. The van der Waals surface area contributed by atoms with Crippen LogP contribution in [0.15, 0.2) is 18.2 Å². The number of nitrogens with zero attached hydrogens (tertiary/aromatic N) is 3. The fourth-order valence-corrected chi connectivity index (χ4v) is 2.24. The van der Waals surface area contributed by atoms with Gasteiger partial charge in [0.05, 0.1) is 12.7 Å². The van der Waals surface area contributed by atoms with E-state index in [4.69, 9.17) is 15.7 Å². The Morgan fingerprint density at radius 1 is 1.45 bits per heavy atom. The van der Waals surface area contributed by atoms with Crippen molar-refractivity contribution in [3.05, 3.63) is 29.6 Å². The monoisotopic (exact) mass is 270 g/mol. The smallest absolute Gasteiger partial charge is 0.136 e. The third-order valence-electron chi connectivity index (χ3n) is 3.24. The van der Waals surface area contributed by atoms with E-state index in [1.807, 2.05) is 17.6 Å². The summed E-state index contributed by atoms with van der Waals surface area (Å²) in [6, 6.07) is 7.51. The number of benzene rings is 1. The normalized spacial score (nSPS) is 10.3. The van der Waals surface area contributed by atoms with Crippen LogP contribution in [0.3, 0.4) is 0 Å². The van der Waals surface area contributed by atoms with Gasteiger partial charge in [-0.05, 0) is 31.5 Å². The van der Waals surface area contributed by atoms with Crippen molar-refractivity contribution in [1.29, 1.82) is 5.26 Å². The van der Waals surface area contributed by atoms with Gasteiger partial charge in [-0.25, -0.2) is 4.98 Å². The van der Waals surface area contributed by atoms with Crippen molar-refractivity contribution < 1.29 is 4.74 Å². The van der Waals surface area contributed by atoms with Crippen LogP contribution in [-0.2, 0) is 6.54 Å². The zero-order valence-electron chi connectivity index (χ0n) is 12.0. The summed E-state index contributed by atoms with van der Waals surface area (Å²) in [5.41, 5.74) is 8.20. The summed E-state index contributed by atoms with van der Waals surface area (Å²) in [5, 5.41) is 9.15. The van der Waals surface area contributed by atoms with Gasteiger partial charge >= 0.3 is 0 Å². The second-order valence-corrected chi connectivity index (χ2v) is 4.57. The van der Waals surface area contributed by atoms with Crippen molar-refractivity contribution >= 4 is 5.82 Å². The van der Waals surface area contributed by atoms with E-state index >= 15 is 0 Å². The van der Waals surface area contributed by atoms with Crippen molar-refractivity contribution in [2.24, 2.45) is 0 Å². The van der Waals surface area contributed by atoms with Crippen molar-refractivity contribution in [3.8, 4) is 23.1 Å². The molecule has 0 unspecified atom stereocenters. The van der Waals surface area contributed by atoms with Gasteiger partial charge in [0.2, 0.25) is 0 Å². The molecule has 1 aromatic carbocycles. The van der Waals surface area contributed by atoms with Crippen molar-refractivity contribution in [1.82, 2.24) is 9.55 Å². The first-order chi connectivity index (χ1) is 9.62. The van der Waals surface area contributed by atoms with E-state index in [-0.39, 0.29) is 0 Å². The SMILES string of the molecule is CCCn1c(C)nc(-c2ccc(OC)c(C#N)c2)c1N. The Kier molecular flexibility index (Phi) is 3.94. The number of nitriles is 1. The van der Waals surface area contributed by atoms with Crippen LogP contribution in [0.4, 0.5) is 5.82 Å². The van der Waals surface area contributed by atoms with E-state index in [1.165, 1.54) is 0 Å². The van der Waals surface area contributed by atoms with Crippen LogP contribution in [0.25, 0.3) is 11.3 Å². The molecule has 0 saturated heterocycles. The number of aromatic nitrogens is 2. The van der Waals surface area contributed by atoms with Gasteiger partial charge in [-0.1, -0.05) is 6.92 Å². The fourth-order valence-electron chi connectivity index (χ4n) is 2.24. The molecule has 2 rings (SSSR count). The first kappa shape index (κ1) is 13.9. The van der Waals surface area contributed by atoms with Crippen LogP contribution >= 0.6 is 0 Å². The van der Waals surface area contributed by atoms with E-state index in [0.29, 0.717) is 17.1 Å². The number of nitrogens with two attached hydrogens (primary N) is 1. The van der Waals surface area contributed by atoms with Gasteiger partial charge in [0.25, 0.3) is 0 Å². The average Bonchev–Trinajstić information content (AvgIpc) is 2.75. The van der Waals surface area contributed by atoms with Crippen molar-refractivity contribution in [3.63, 3.8) is 0 Å². The van der Waals surface area contributed by atoms with Crippen LogP contribution in [0, 0.1) is 18.3 Å². The third kappa shape index (κ3) is 2.32. The van der Waals surface area contributed by atoms with Crippen LogP contribution in [-0.4, -0.2) is 16.7 Å². The summed E-state index contributed by atoms with van der Waals surface area (Å²) < 4.78 is 7.14. The zero-order chi connectivity index (χ0) is 14.7. The summed E-state index contributed by atoms with van der Waals surface area (Å²) in [5.74, 6) is 2.08. The number of hydrogen-bond donors (Lipinski definition) is 1. The number of nitrogen functional groups attached to an aromatic ring is 1. The molecule has 20 heavy (non-hydrogen) atoms. The largest absolute Gasteiger partial charge is 0.495 e. The molecule has 2 N–H and O–H groups in total. The zero-order valence-corrected chi connectivity index (χ0v) is 12.0. The number of aryl methyl sites for hydroxylation is 1. The van der Waals surface area contributed by atoms with Gasteiger partial charge in [-0.2, -0.15) is 5.26 Å². The Balaban J connectivity index is 2.52. The van der Waals surface area contributed by atoms with E-state index in [9.17, 15) is 0 Å². The Hall–Kier alpha value is -2.48. The molecule has 0 bridgehead atoms. The third-order valence-corrected chi connectivity index (χ3v) is 3.24. The molecule has 0 aliphatic heterocycles. The summed E-state index contributed by atoms with van der Waals surface area (Å²) in [7, 11) is 1.55. The minimum atomic E-state index is 0.479. The van der Waals surface area contributed by atoms with E-state index in [2.05, 4.69) is 18.0 Å². The molecule has 0 atom stereocenters. The van der Waals surface area contributed by atoms with Crippen molar-refractivity contribution in [2.45, 2.75) is 26.8 Å². The number of hydrogen-bond acceptors (Lipinski definition) is 4. The fraction of sp³-hybridized carbons (Fsp3) is 0.333. The first-order valence-electron chi connectivity index (χ1n) is 6.53. The molecule has 1 heterocycles. The Morgan fingerprint density at radius 2 is 2.20 bits per heavy atom. The summed E-state index contributed by atoms with van der Waals surface area (Å²) in [6.45, 7) is 4.87. The lowest BCUT2D eigenvalue weighted by molar-refractivity contribution is 0.413. The summed E-state index contributed by atoms with van der Waals surface area (Å²) in [6.07, 6.45) is 0.993. The Morgan fingerprint density at radius 3 is 2.80 bits per heavy atom. The molecule has 0 amide bonds. The molecular formula is C15H18N4O. The molecule has 0 radical (unpaired) electrons.